The monoisotopic (exact) mass is 172 g/mol. The van der Waals surface area contributed by atoms with E-state index in [1.54, 1.807) is 11.3 Å². The van der Waals surface area contributed by atoms with Crippen LogP contribution < -0.4 is 5.32 Å². The molecule has 0 aliphatic rings. The zero-order chi connectivity index (χ0) is 8.53. The van der Waals surface area contributed by atoms with Gasteiger partial charge in [0.15, 0.2) is 5.13 Å². The van der Waals surface area contributed by atoms with Crippen LogP contribution in [0.2, 0.25) is 0 Å². The van der Waals surface area contributed by atoms with Crippen molar-refractivity contribution in [1.29, 1.82) is 0 Å². The average molecular weight is 172 g/mol. The van der Waals surface area contributed by atoms with Crippen molar-refractivity contribution in [2.24, 2.45) is 0 Å². The van der Waals surface area contributed by atoms with Crippen LogP contribution in [0, 0.1) is 0 Å². The summed E-state index contributed by atoms with van der Waals surface area (Å²) < 4.78 is 0. The summed E-state index contributed by atoms with van der Waals surface area (Å²) in [5.41, 5.74) is 0. The van der Waals surface area contributed by atoms with Crippen molar-refractivity contribution >= 4 is 16.5 Å². The fourth-order valence-corrected chi connectivity index (χ4v) is 1.10. The van der Waals surface area contributed by atoms with E-state index in [-0.39, 0.29) is 0 Å². The molecule has 1 N–H and O–H groups in total. The predicted octanol–water partition coefficient (Wildman–Crippen LogP) is 2.99. The van der Waals surface area contributed by atoms with Gasteiger partial charge >= 0.3 is 0 Å². The molecular formula is C8H16N2S. The van der Waals surface area contributed by atoms with Gasteiger partial charge in [-0.2, -0.15) is 0 Å². The van der Waals surface area contributed by atoms with E-state index in [4.69, 9.17) is 0 Å². The third-order valence-corrected chi connectivity index (χ3v) is 1.69. The average Bonchev–Trinajstić information content (AvgIpc) is 2.57. The number of rotatable bonds is 3. The number of anilines is 1. The van der Waals surface area contributed by atoms with Gasteiger partial charge in [-0.05, 0) is 6.42 Å². The van der Waals surface area contributed by atoms with Crippen molar-refractivity contribution in [3.63, 3.8) is 0 Å². The van der Waals surface area contributed by atoms with Gasteiger partial charge in [-0.25, -0.2) is 4.98 Å². The molecule has 11 heavy (non-hydrogen) atoms. The van der Waals surface area contributed by atoms with E-state index in [0.29, 0.717) is 0 Å². The molecule has 2 nitrogen and oxygen atoms in total. The third kappa shape index (κ3) is 4.79. The Kier molecular flexibility index (Phi) is 7.15. The van der Waals surface area contributed by atoms with Crippen LogP contribution in [-0.4, -0.2) is 11.5 Å². The zero-order valence-electron chi connectivity index (χ0n) is 7.42. The first-order valence-corrected chi connectivity index (χ1v) is 4.95. The van der Waals surface area contributed by atoms with Gasteiger partial charge in [-0.1, -0.05) is 20.8 Å². The quantitative estimate of drug-likeness (QED) is 0.758. The number of aromatic nitrogens is 1. The summed E-state index contributed by atoms with van der Waals surface area (Å²) in [6.45, 7) is 7.16. The Morgan fingerprint density at radius 2 is 2.27 bits per heavy atom. The van der Waals surface area contributed by atoms with Crippen LogP contribution in [0.25, 0.3) is 0 Å². The Bertz CT molecular complexity index is 149. The predicted molar refractivity (Wildman–Crippen MR) is 52.2 cm³/mol. The van der Waals surface area contributed by atoms with E-state index >= 15 is 0 Å². The van der Waals surface area contributed by atoms with Gasteiger partial charge in [0.05, 0.1) is 0 Å². The van der Waals surface area contributed by atoms with Gasteiger partial charge in [-0.15, -0.1) is 11.3 Å². The van der Waals surface area contributed by atoms with E-state index in [2.05, 4.69) is 17.2 Å². The van der Waals surface area contributed by atoms with Gasteiger partial charge < -0.3 is 5.32 Å². The molecule has 1 aromatic rings. The largest absolute Gasteiger partial charge is 0.362 e. The first-order chi connectivity index (χ1) is 5.43. The number of nitrogens with zero attached hydrogens (tertiary/aromatic N) is 1. The molecule has 64 valence electrons. The highest BCUT2D eigenvalue weighted by molar-refractivity contribution is 7.13. The summed E-state index contributed by atoms with van der Waals surface area (Å²) in [4.78, 5) is 4.06. The van der Waals surface area contributed by atoms with Gasteiger partial charge in [0, 0.05) is 18.1 Å². The summed E-state index contributed by atoms with van der Waals surface area (Å²) in [7, 11) is 0. The normalized spacial score (nSPS) is 8.27. The maximum Gasteiger partial charge on any atom is 0.182 e. The van der Waals surface area contributed by atoms with Crippen molar-refractivity contribution < 1.29 is 0 Å². The van der Waals surface area contributed by atoms with Gasteiger partial charge in [0.1, 0.15) is 0 Å². The Morgan fingerprint density at radius 1 is 1.55 bits per heavy atom. The van der Waals surface area contributed by atoms with Gasteiger partial charge in [0.2, 0.25) is 0 Å². The second-order valence-corrected chi connectivity index (χ2v) is 2.66. The minimum atomic E-state index is 1.02. The van der Waals surface area contributed by atoms with E-state index in [1.165, 1.54) is 0 Å². The first kappa shape index (κ1) is 10.4. The molecule has 0 atom stereocenters. The van der Waals surface area contributed by atoms with Crippen LogP contribution in [0.5, 0.6) is 0 Å². The van der Waals surface area contributed by atoms with Crippen molar-refractivity contribution in [1.82, 2.24) is 4.98 Å². The highest BCUT2D eigenvalue weighted by atomic mass is 32.1. The number of hydrogen-bond acceptors (Lipinski definition) is 3. The summed E-state index contributed by atoms with van der Waals surface area (Å²) in [6, 6.07) is 0. The lowest BCUT2D eigenvalue weighted by atomic mass is 10.5. The second-order valence-electron chi connectivity index (χ2n) is 1.76. The van der Waals surface area contributed by atoms with E-state index < -0.39 is 0 Å². The van der Waals surface area contributed by atoms with Crippen LogP contribution in [0.3, 0.4) is 0 Å². The van der Waals surface area contributed by atoms with Crippen LogP contribution in [-0.2, 0) is 0 Å². The molecule has 0 aromatic carbocycles. The fourth-order valence-electron chi connectivity index (χ4n) is 0.543. The molecule has 0 saturated carbocycles. The molecule has 0 spiro atoms. The lowest BCUT2D eigenvalue weighted by Crippen LogP contribution is -1.97. The second kappa shape index (κ2) is 7.54. The van der Waals surface area contributed by atoms with Crippen molar-refractivity contribution in [2.75, 3.05) is 11.9 Å². The number of hydrogen-bond donors (Lipinski definition) is 1. The van der Waals surface area contributed by atoms with E-state index in [9.17, 15) is 0 Å². The summed E-state index contributed by atoms with van der Waals surface area (Å²) in [5.74, 6) is 0. The van der Waals surface area contributed by atoms with Gasteiger partial charge in [-0.3, -0.25) is 0 Å². The Hall–Kier alpha value is -0.570. The minimum absolute atomic E-state index is 1.02. The van der Waals surface area contributed by atoms with Crippen LogP contribution in [0.1, 0.15) is 27.2 Å². The first-order valence-electron chi connectivity index (χ1n) is 4.07. The summed E-state index contributed by atoms with van der Waals surface area (Å²) >= 11 is 1.64. The van der Waals surface area contributed by atoms with E-state index in [1.807, 2.05) is 25.4 Å². The maximum atomic E-state index is 4.06. The Labute approximate surface area is 72.7 Å². The molecule has 3 heteroatoms. The lowest BCUT2D eigenvalue weighted by molar-refractivity contribution is 0.976. The molecule has 0 fully saturated rings. The van der Waals surface area contributed by atoms with Crippen LogP contribution in [0.15, 0.2) is 11.6 Å². The molecule has 0 radical (unpaired) electrons. The molecule has 0 aliphatic heterocycles. The van der Waals surface area contributed by atoms with Crippen LogP contribution >= 0.6 is 11.3 Å². The highest BCUT2D eigenvalue weighted by Gasteiger charge is 1.88. The minimum Gasteiger partial charge on any atom is -0.362 e. The highest BCUT2D eigenvalue weighted by Crippen LogP contribution is 2.09. The molecule has 1 rings (SSSR count). The Morgan fingerprint density at radius 3 is 2.73 bits per heavy atom. The summed E-state index contributed by atoms with van der Waals surface area (Å²) in [5, 5.41) is 6.18. The zero-order valence-corrected chi connectivity index (χ0v) is 8.24. The van der Waals surface area contributed by atoms with Crippen molar-refractivity contribution in [3.05, 3.63) is 11.6 Å². The number of nitrogens with one attached hydrogen (secondary N) is 1. The molecule has 0 unspecified atom stereocenters. The topological polar surface area (TPSA) is 24.9 Å². The number of thiazole rings is 1. The smallest absolute Gasteiger partial charge is 0.182 e. The molecule has 0 amide bonds. The summed E-state index contributed by atoms with van der Waals surface area (Å²) in [6.07, 6.45) is 2.96. The molecule has 0 saturated heterocycles. The third-order valence-electron chi connectivity index (χ3n) is 0.959. The molecule has 0 bridgehead atoms. The molecule has 1 aromatic heterocycles. The van der Waals surface area contributed by atoms with Gasteiger partial charge in [0.25, 0.3) is 0 Å². The SMILES string of the molecule is CC.CCCNc1nccs1. The van der Waals surface area contributed by atoms with Crippen molar-refractivity contribution in [2.45, 2.75) is 27.2 Å². The molecular weight excluding hydrogens is 156 g/mol. The lowest BCUT2D eigenvalue weighted by Gasteiger charge is -1.95. The molecule has 0 aliphatic carbocycles. The standard InChI is InChI=1S/C6H10N2S.C2H6/c1-2-3-7-6-8-4-5-9-6;1-2/h4-5H,2-3H2,1H3,(H,7,8);1-2H3. The fraction of sp³-hybridized carbons (Fsp3) is 0.625. The molecule has 1 heterocycles. The van der Waals surface area contributed by atoms with E-state index in [0.717, 1.165) is 18.1 Å². The Balaban J connectivity index is 0.000000461. The van der Waals surface area contributed by atoms with Crippen molar-refractivity contribution in [3.8, 4) is 0 Å². The van der Waals surface area contributed by atoms with Crippen LogP contribution in [0.4, 0.5) is 5.13 Å². The maximum absolute atomic E-state index is 4.06.